The predicted octanol–water partition coefficient (Wildman–Crippen LogP) is 2.70. The van der Waals surface area contributed by atoms with Gasteiger partial charge in [-0.25, -0.2) is 4.98 Å². The van der Waals surface area contributed by atoms with Crippen molar-refractivity contribution in [3.63, 3.8) is 0 Å². The van der Waals surface area contributed by atoms with Gasteiger partial charge < -0.3 is 0 Å². The number of hydrogen-bond acceptors (Lipinski definition) is 2. The third-order valence-corrected chi connectivity index (χ3v) is 2.05. The Balaban J connectivity index is 2.79. The lowest BCUT2D eigenvalue weighted by atomic mass is 10.2. The molecule has 0 fully saturated rings. The van der Waals surface area contributed by atoms with Gasteiger partial charge in [0.1, 0.15) is 4.60 Å². The Kier molecular flexibility index (Phi) is 1.81. The number of nitrogens with zero attached hydrogens (tertiary/aromatic N) is 2. The van der Waals surface area contributed by atoms with E-state index in [0.29, 0.717) is 0 Å². The molecule has 0 unspecified atom stereocenters. The summed E-state index contributed by atoms with van der Waals surface area (Å²) in [6, 6.07) is 6.03. The highest BCUT2D eigenvalue weighted by molar-refractivity contribution is 9.10. The summed E-state index contributed by atoms with van der Waals surface area (Å²) in [5.41, 5.74) is 3.08. The van der Waals surface area contributed by atoms with Gasteiger partial charge in [-0.1, -0.05) is 6.07 Å². The molecule has 0 N–H and O–H groups in total. The SMILES string of the molecule is Cc1ccc2nc(Br)cnc2c1. The van der Waals surface area contributed by atoms with Gasteiger partial charge in [0.2, 0.25) is 0 Å². The van der Waals surface area contributed by atoms with E-state index in [1.807, 2.05) is 25.1 Å². The van der Waals surface area contributed by atoms with Crippen molar-refractivity contribution in [2.45, 2.75) is 6.92 Å². The summed E-state index contributed by atoms with van der Waals surface area (Å²) in [6.07, 6.45) is 1.71. The maximum absolute atomic E-state index is 4.27. The first kappa shape index (κ1) is 7.68. The van der Waals surface area contributed by atoms with Gasteiger partial charge in [0.15, 0.2) is 0 Å². The summed E-state index contributed by atoms with van der Waals surface area (Å²) < 4.78 is 0.777. The van der Waals surface area contributed by atoms with E-state index in [0.717, 1.165) is 15.6 Å². The average molecular weight is 223 g/mol. The van der Waals surface area contributed by atoms with Crippen molar-refractivity contribution in [1.29, 1.82) is 0 Å². The molecule has 0 amide bonds. The third-order valence-electron chi connectivity index (χ3n) is 1.67. The highest BCUT2D eigenvalue weighted by Gasteiger charge is 1.96. The Morgan fingerprint density at radius 3 is 2.92 bits per heavy atom. The zero-order chi connectivity index (χ0) is 8.55. The van der Waals surface area contributed by atoms with Crippen molar-refractivity contribution >= 4 is 27.0 Å². The van der Waals surface area contributed by atoms with Crippen molar-refractivity contribution in [2.24, 2.45) is 0 Å². The second-order valence-electron chi connectivity index (χ2n) is 2.68. The van der Waals surface area contributed by atoms with Crippen molar-refractivity contribution in [3.8, 4) is 0 Å². The number of rotatable bonds is 0. The molecule has 0 radical (unpaired) electrons. The molecule has 0 saturated carbocycles. The van der Waals surface area contributed by atoms with E-state index in [2.05, 4.69) is 25.9 Å². The highest BCUT2D eigenvalue weighted by atomic mass is 79.9. The molecule has 2 aromatic rings. The lowest BCUT2D eigenvalue weighted by molar-refractivity contribution is 1.24. The number of hydrogen-bond donors (Lipinski definition) is 0. The van der Waals surface area contributed by atoms with Crippen LogP contribution in [0.15, 0.2) is 29.0 Å². The molecule has 0 aliphatic heterocycles. The summed E-state index contributed by atoms with van der Waals surface area (Å²) in [5, 5.41) is 0. The highest BCUT2D eigenvalue weighted by Crippen LogP contribution is 2.13. The van der Waals surface area contributed by atoms with Gasteiger partial charge in [-0.15, -0.1) is 0 Å². The average Bonchev–Trinajstić information content (AvgIpc) is 2.05. The number of fused-ring (bicyclic) bond motifs is 1. The monoisotopic (exact) mass is 222 g/mol. The van der Waals surface area contributed by atoms with Gasteiger partial charge >= 0.3 is 0 Å². The van der Waals surface area contributed by atoms with E-state index in [1.165, 1.54) is 5.56 Å². The Hall–Kier alpha value is -0.960. The summed E-state index contributed by atoms with van der Waals surface area (Å²) in [7, 11) is 0. The van der Waals surface area contributed by atoms with E-state index >= 15 is 0 Å². The lowest BCUT2D eigenvalue weighted by Crippen LogP contribution is -1.84. The van der Waals surface area contributed by atoms with Gasteiger partial charge in [-0.2, -0.15) is 0 Å². The fourth-order valence-corrected chi connectivity index (χ4v) is 1.39. The second-order valence-corrected chi connectivity index (χ2v) is 3.50. The van der Waals surface area contributed by atoms with E-state index in [1.54, 1.807) is 6.20 Å². The minimum atomic E-state index is 0.777. The molecular weight excluding hydrogens is 216 g/mol. The van der Waals surface area contributed by atoms with Gasteiger partial charge in [0.05, 0.1) is 17.2 Å². The molecular formula is C9H7BrN2. The molecule has 0 aliphatic carbocycles. The molecule has 0 saturated heterocycles. The second kappa shape index (κ2) is 2.83. The van der Waals surface area contributed by atoms with Crippen molar-refractivity contribution in [2.75, 3.05) is 0 Å². The first-order valence-electron chi connectivity index (χ1n) is 3.64. The van der Waals surface area contributed by atoms with E-state index < -0.39 is 0 Å². The molecule has 2 rings (SSSR count). The van der Waals surface area contributed by atoms with Crippen LogP contribution in [0.5, 0.6) is 0 Å². The van der Waals surface area contributed by atoms with Crippen LogP contribution in [-0.2, 0) is 0 Å². The smallest absolute Gasteiger partial charge is 0.125 e. The molecule has 3 heteroatoms. The predicted molar refractivity (Wildman–Crippen MR) is 52.0 cm³/mol. The molecule has 1 heterocycles. The molecule has 12 heavy (non-hydrogen) atoms. The first-order valence-corrected chi connectivity index (χ1v) is 4.44. The lowest BCUT2D eigenvalue weighted by Gasteiger charge is -1.97. The fourth-order valence-electron chi connectivity index (χ4n) is 1.10. The Morgan fingerprint density at radius 1 is 1.25 bits per heavy atom. The van der Waals surface area contributed by atoms with Crippen LogP contribution in [0.4, 0.5) is 0 Å². The molecule has 0 spiro atoms. The molecule has 60 valence electrons. The molecule has 0 bridgehead atoms. The largest absolute Gasteiger partial charge is 0.252 e. The van der Waals surface area contributed by atoms with Crippen LogP contribution in [0.25, 0.3) is 11.0 Å². The van der Waals surface area contributed by atoms with Crippen LogP contribution in [0, 0.1) is 6.92 Å². The number of benzene rings is 1. The third kappa shape index (κ3) is 1.32. The first-order chi connectivity index (χ1) is 5.75. The quantitative estimate of drug-likeness (QED) is 0.686. The van der Waals surface area contributed by atoms with E-state index in [9.17, 15) is 0 Å². The minimum absolute atomic E-state index is 0.777. The number of aromatic nitrogens is 2. The molecule has 1 aromatic heterocycles. The zero-order valence-corrected chi connectivity index (χ0v) is 8.17. The van der Waals surface area contributed by atoms with Crippen molar-refractivity contribution in [1.82, 2.24) is 9.97 Å². The van der Waals surface area contributed by atoms with Crippen LogP contribution in [-0.4, -0.2) is 9.97 Å². The normalized spacial score (nSPS) is 10.5. The van der Waals surface area contributed by atoms with Gasteiger partial charge in [0.25, 0.3) is 0 Å². The Bertz CT molecular complexity index is 385. The van der Waals surface area contributed by atoms with Crippen molar-refractivity contribution in [3.05, 3.63) is 34.6 Å². The van der Waals surface area contributed by atoms with Crippen LogP contribution in [0.1, 0.15) is 5.56 Å². The van der Waals surface area contributed by atoms with Gasteiger partial charge in [-0.05, 0) is 40.5 Å². The van der Waals surface area contributed by atoms with Gasteiger partial charge in [-0.3, -0.25) is 4.98 Å². The van der Waals surface area contributed by atoms with Crippen LogP contribution < -0.4 is 0 Å². The van der Waals surface area contributed by atoms with E-state index in [4.69, 9.17) is 0 Å². The minimum Gasteiger partial charge on any atom is -0.252 e. The summed E-state index contributed by atoms with van der Waals surface area (Å²) in [4.78, 5) is 8.50. The van der Waals surface area contributed by atoms with Crippen LogP contribution >= 0.6 is 15.9 Å². The van der Waals surface area contributed by atoms with Crippen LogP contribution in [0.3, 0.4) is 0 Å². The molecule has 2 nitrogen and oxygen atoms in total. The molecule has 1 aromatic carbocycles. The Labute approximate surface area is 78.8 Å². The summed E-state index contributed by atoms with van der Waals surface area (Å²) in [5.74, 6) is 0. The maximum Gasteiger partial charge on any atom is 0.125 e. The molecule has 0 aliphatic rings. The molecule has 0 atom stereocenters. The summed E-state index contributed by atoms with van der Waals surface area (Å²) in [6.45, 7) is 2.04. The van der Waals surface area contributed by atoms with Gasteiger partial charge in [0, 0.05) is 0 Å². The Morgan fingerprint density at radius 2 is 2.08 bits per heavy atom. The summed E-state index contributed by atoms with van der Waals surface area (Å²) >= 11 is 3.28. The number of aryl methyl sites for hydroxylation is 1. The maximum atomic E-state index is 4.27. The zero-order valence-electron chi connectivity index (χ0n) is 6.58. The fraction of sp³-hybridized carbons (Fsp3) is 0.111. The van der Waals surface area contributed by atoms with Crippen LogP contribution in [0.2, 0.25) is 0 Å². The topological polar surface area (TPSA) is 25.8 Å². The van der Waals surface area contributed by atoms with E-state index in [-0.39, 0.29) is 0 Å². The number of halogens is 1. The standard InChI is InChI=1S/C9H7BrN2/c1-6-2-3-7-8(4-6)11-5-9(10)12-7/h2-5H,1H3. The van der Waals surface area contributed by atoms with Crippen molar-refractivity contribution < 1.29 is 0 Å².